The quantitative estimate of drug-likeness (QED) is 0.831. The molecule has 0 radical (unpaired) electrons. The fourth-order valence-corrected chi connectivity index (χ4v) is 3.40. The Labute approximate surface area is 160 Å². The first-order valence-corrected chi connectivity index (χ1v) is 9.51. The first-order chi connectivity index (χ1) is 12.8. The topological polar surface area (TPSA) is 65.0 Å². The molecule has 2 aliphatic heterocycles. The van der Waals surface area contributed by atoms with Gasteiger partial charge < -0.3 is 10.2 Å². The molecule has 2 aliphatic rings. The Hall–Kier alpha value is -2.47. The molecule has 0 saturated carbocycles. The molecular weight excluding hydrogens is 340 g/mol. The molecule has 1 aromatic carbocycles. The zero-order valence-corrected chi connectivity index (χ0v) is 16.6. The van der Waals surface area contributed by atoms with Crippen LogP contribution in [0, 0.1) is 13.8 Å². The molecule has 1 atom stereocenters. The van der Waals surface area contributed by atoms with Crippen LogP contribution in [0.1, 0.15) is 37.3 Å². The number of hydrogen-bond acceptors (Lipinski definition) is 4. The molecule has 0 saturated heterocycles. The Morgan fingerprint density at radius 1 is 1.22 bits per heavy atom. The van der Waals surface area contributed by atoms with Gasteiger partial charge in [0.2, 0.25) is 5.91 Å². The van der Waals surface area contributed by atoms with Crippen LogP contribution in [0.5, 0.6) is 0 Å². The minimum atomic E-state index is -0.190. The predicted molar refractivity (Wildman–Crippen MR) is 108 cm³/mol. The van der Waals surface area contributed by atoms with Gasteiger partial charge in [0.05, 0.1) is 5.69 Å². The van der Waals surface area contributed by atoms with E-state index in [2.05, 4.69) is 28.4 Å². The molecule has 1 aromatic rings. The summed E-state index contributed by atoms with van der Waals surface area (Å²) in [7, 11) is 2.09. The van der Waals surface area contributed by atoms with Crippen molar-refractivity contribution >= 4 is 23.2 Å². The van der Waals surface area contributed by atoms with Gasteiger partial charge in [-0.2, -0.15) is 5.10 Å². The van der Waals surface area contributed by atoms with Crippen LogP contribution in [0.3, 0.4) is 0 Å². The first-order valence-electron chi connectivity index (χ1n) is 9.51. The van der Waals surface area contributed by atoms with Gasteiger partial charge in [0.25, 0.3) is 5.91 Å². The van der Waals surface area contributed by atoms with E-state index in [0.717, 1.165) is 36.3 Å². The number of hydrogen-bond donors (Lipinski definition) is 1. The number of amides is 2. The standard InChI is InChI=1S/C21H28N4O2/c1-14-5-6-15(2)19(13-14)25-20(26)8-7-18(23-25)21(27)22-16(3)17-9-11-24(4)12-10-17/h5-6,9,13,16H,7-8,10-12H2,1-4H3,(H,22,27). The van der Waals surface area contributed by atoms with Crippen LogP contribution in [-0.4, -0.2) is 48.6 Å². The van der Waals surface area contributed by atoms with Gasteiger partial charge in [-0.1, -0.05) is 18.2 Å². The summed E-state index contributed by atoms with van der Waals surface area (Å²) in [5.74, 6) is -0.267. The van der Waals surface area contributed by atoms with Gasteiger partial charge in [-0.15, -0.1) is 0 Å². The Balaban J connectivity index is 1.76. The van der Waals surface area contributed by atoms with Crippen LogP contribution in [0.15, 0.2) is 34.9 Å². The summed E-state index contributed by atoms with van der Waals surface area (Å²) < 4.78 is 0. The van der Waals surface area contributed by atoms with E-state index in [-0.39, 0.29) is 17.9 Å². The van der Waals surface area contributed by atoms with E-state index in [9.17, 15) is 9.59 Å². The number of carbonyl (C=O) groups is 2. The van der Waals surface area contributed by atoms with Crippen molar-refractivity contribution < 1.29 is 9.59 Å². The highest BCUT2D eigenvalue weighted by atomic mass is 16.2. The summed E-state index contributed by atoms with van der Waals surface area (Å²) in [4.78, 5) is 27.4. The summed E-state index contributed by atoms with van der Waals surface area (Å²) in [6.45, 7) is 7.84. The molecule has 3 rings (SSSR count). The summed E-state index contributed by atoms with van der Waals surface area (Å²) in [5, 5.41) is 8.85. The number of likely N-dealkylation sites (N-methyl/N-ethyl adjacent to an activating group) is 1. The van der Waals surface area contributed by atoms with Crippen molar-refractivity contribution in [1.29, 1.82) is 0 Å². The van der Waals surface area contributed by atoms with Crippen molar-refractivity contribution in [2.45, 2.75) is 46.1 Å². The number of nitrogens with one attached hydrogen (secondary N) is 1. The molecule has 0 spiro atoms. The third kappa shape index (κ3) is 4.45. The van der Waals surface area contributed by atoms with Crippen molar-refractivity contribution in [3.8, 4) is 0 Å². The van der Waals surface area contributed by atoms with Crippen LogP contribution in [0.25, 0.3) is 0 Å². The lowest BCUT2D eigenvalue weighted by atomic mass is 10.0. The van der Waals surface area contributed by atoms with E-state index in [4.69, 9.17) is 0 Å². The molecule has 27 heavy (non-hydrogen) atoms. The third-order valence-corrected chi connectivity index (χ3v) is 5.24. The van der Waals surface area contributed by atoms with Crippen molar-refractivity contribution in [2.24, 2.45) is 5.10 Å². The molecule has 0 aliphatic carbocycles. The number of nitrogens with zero attached hydrogens (tertiary/aromatic N) is 3. The van der Waals surface area contributed by atoms with Gasteiger partial charge in [0, 0.05) is 32.0 Å². The van der Waals surface area contributed by atoms with E-state index in [1.54, 1.807) is 0 Å². The Morgan fingerprint density at radius 2 is 2.00 bits per heavy atom. The van der Waals surface area contributed by atoms with E-state index in [0.29, 0.717) is 18.6 Å². The summed E-state index contributed by atoms with van der Waals surface area (Å²) in [5.41, 5.74) is 4.43. The first kappa shape index (κ1) is 19.3. The summed E-state index contributed by atoms with van der Waals surface area (Å²) in [6.07, 6.45) is 3.81. The highest BCUT2D eigenvalue weighted by Gasteiger charge is 2.27. The van der Waals surface area contributed by atoms with Crippen molar-refractivity contribution in [2.75, 3.05) is 25.1 Å². The third-order valence-electron chi connectivity index (χ3n) is 5.24. The normalized spacial score (nSPS) is 19.4. The lowest BCUT2D eigenvalue weighted by Crippen LogP contribution is -2.43. The molecule has 2 heterocycles. The van der Waals surface area contributed by atoms with Crippen LogP contribution >= 0.6 is 0 Å². The largest absolute Gasteiger partial charge is 0.345 e. The van der Waals surface area contributed by atoms with Gasteiger partial charge in [-0.05, 0) is 57.0 Å². The highest BCUT2D eigenvalue weighted by molar-refractivity contribution is 6.40. The van der Waals surface area contributed by atoms with Crippen molar-refractivity contribution in [3.05, 3.63) is 41.0 Å². The second-order valence-corrected chi connectivity index (χ2v) is 7.53. The van der Waals surface area contributed by atoms with Crippen molar-refractivity contribution in [1.82, 2.24) is 10.2 Å². The van der Waals surface area contributed by atoms with Gasteiger partial charge in [0.15, 0.2) is 0 Å². The van der Waals surface area contributed by atoms with E-state index < -0.39 is 0 Å². The fraction of sp³-hybridized carbons (Fsp3) is 0.476. The smallest absolute Gasteiger partial charge is 0.267 e. The van der Waals surface area contributed by atoms with E-state index >= 15 is 0 Å². The van der Waals surface area contributed by atoms with Gasteiger partial charge >= 0.3 is 0 Å². The molecule has 1 N–H and O–H groups in total. The maximum absolute atomic E-state index is 12.7. The zero-order chi connectivity index (χ0) is 19.6. The molecule has 6 nitrogen and oxygen atoms in total. The van der Waals surface area contributed by atoms with Crippen molar-refractivity contribution in [3.63, 3.8) is 0 Å². The van der Waals surface area contributed by atoms with Crippen LogP contribution in [-0.2, 0) is 9.59 Å². The highest BCUT2D eigenvalue weighted by Crippen LogP contribution is 2.25. The lowest BCUT2D eigenvalue weighted by molar-refractivity contribution is -0.119. The van der Waals surface area contributed by atoms with Gasteiger partial charge in [0.1, 0.15) is 5.71 Å². The Bertz CT molecular complexity index is 812. The minimum Gasteiger partial charge on any atom is -0.345 e. The Morgan fingerprint density at radius 3 is 2.70 bits per heavy atom. The van der Waals surface area contributed by atoms with Crippen LogP contribution < -0.4 is 10.3 Å². The predicted octanol–water partition coefficient (Wildman–Crippen LogP) is 2.55. The zero-order valence-electron chi connectivity index (χ0n) is 16.6. The van der Waals surface area contributed by atoms with E-state index in [1.165, 1.54) is 10.6 Å². The number of rotatable bonds is 4. The number of aryl methyl sites for hydroxylation is 2. The average Bonchev–Trinajstić information content (AvgIpc) is 2.64. The average molecular weight is 368 g/mol. The summed E-state index contributed by atoms with van der Waals surface area (Å²) >= 11 is 0. The molecule has 0 fully saturated rings. The van der Waals surface area contributed by atoms with Gasteiger partial charge in [-0.25, -0.2) is 5.01 Å². The monoisotopic (exact) mass is 368 g/mol. The second-order valence-electron chi connectivity index (χ2n) is 7.53. The number of anilines is 1. The van der Waals surface area contributed by atoms with E-state index in [1.807, 2.05) is 39.0 Å². The number of benzene rings is 1. The van der Waals surface area contributed by atoms with Gasteiger partial charge in [-0.3, -0.25) is 9.59 Å². The maximum atomic E-state index is 12.7. The number of hydrazone groups is 1. The molecule has 2 amide bonds. The fourth-order valence-electron chi connectivity index (χ4n) is 3.40. The summed E-state index contributed by atoms with van der Waals surface area (Å²) in [6, 6.07) is 5.88. The lowest BCUT2D eigenvalue weighted by Gasteiger charge is -2.27. The molecule has 6 heteroatoms. The van der Waals surface area contributed by atoms with Crippen LogP contribution in [0.4, 0.5) is 5.69 Å². The molecule has 144 valence electrons. The second kappa shape index (κ2) is 8.05. The molecule has 1 unspecified atom stereocenters. The SMILES string of the molecule is Cc1ccc(C)c(N2N=C(C(=O)NC(C)C3=CCN(C)CC3)CCC2=O)c1. The maximum Gasteiger partial charge on any atom is 0.267 e. The molecular formula is C21H28N4O2. The molecule has 0 aromatic heterocycles. The Kier molecular flexibility index (Phi) is 5.75. The molecule has 0 bridgehead atoms. The minimum absolute atomic E-state index is 0.0271. The van der Waals surface area contributed by atoms with Crippen LogP contribution in [0.2, 0.25) is 0 Å². The number of carbonyl (C=O) groups excluding carboxylic acids is 2.